The van der Waals surface area contributed by atoms with Crippen LogP contribution in [0.15, 0.2) is 24.3 Å². The Balaban J connectivity index is 2.19. The summed E-state index contributed by atoms with van der Waals surface area (Å²) in [6, 6.07) is -0.858. The third-order valence-corrected chi connectivity index (χ3v) is 18.0. The Labute approximate surface area is 518 Å². The van der Waals surface area contributed by atoms with E-state index in [4.69, 9.17) is 9.47 Å². The molecule has 0 aliphatic carbocycles. The van der Waals surface area contributed by atoms with E-state index in [1.807, 2.05) is 0 Å². The molecule has 1 amide bonds. The zero-order chi connectivity index (χ0) is 61.1. The Morgan fingerprint density at radius 1 is 0.476 bits per heavy atom. The number of amides is 1. The summed E-state index contributed by atoms with van der Waals surface area (Å²) in [5.41, 5.74) is 0. The molecular weight excluding hydrogens is 1070 g/mol. The van der Waals surface area contributed by atoms with Crippen molar-refractivity contribution >= 4 is 16.3 Å². The van der Waals surface area contributed by atoms with E-state index in [0.29, 0.717) is 12.8 Å². The molecule has 6 N–H and O–H groups in total. The van der Waals surface area contributed by atoms with E-state index >= 15 is 0 Å². The number of hydrogen-bond donors (Lipinski definition) is 6. The minimum Gasteiger partial charge on any atom is -0.394 e. The van der Waals surface area contributed by atoms with Crippen molar-refractivity contribution in [2.75, 3.05) is 13.2 Å². The van der Waals surface area contributed by atoms with E-state index in [-0.39, 0.29) is 12.5 Å². The van der Waals surface area contributed by atoms with E-state index in [1.165, 1.54) is 283 Å². The highest BCUT2D eigenvalue weighted by Gasteiger charge is 2.48. The van der Waals surface area contributed by atoms with Crippen LogP contribution >= 0.6 is 0 Å². The molecule has 0 bridgehead atoms. The van der Waals surface area contributed by atoms with Crippen molar-refractivity contribution in [2.24, 2.45) is 0 Å². The van der Waals surface area contributed by atoms with Crippen LogP contribution in [0.3, 0.4) is 0 Å². The summed E-state index contributed by atoms with van der Waals surface area (Å²) in [6.07, 6.45) is 69.3. The van der Waals surface area contributed by atoms with Gasteiger partial charge in [-0.05, 0) is 44.9 Å². The Bertz CT molecular complexity index is 1570. The monoisotopic (exact) mass is 1210 g/mol. The standard InChI is InChI=1S/C71H137NO11S/c1-3-5-7-9-11-13-15-17-19-21-23-25-27-28-29-30-31-32-33-34-35-36-37-38-39-41-43-45-47-49-51-53-55-57-59-61-67(75)72-64(63-81-71-69(77)70(83-84(78,79)80)68(76)66(62-73)82-71)65(74)60-58-56-54-52-50-48-46-44-42-40-26-24-22-20-18-16-14-12-10-8-6-4-2/h27-28,30-31,64-66,68-71,73-74,76-77H,3-26,29,32-63H2,1-2H3,(H,72,75)(H,78,79,80)/b28-27-,31-30-. The molecule has 1 rings (SSSR count). The summed E-state index contributed by atoms with van der Waals surface area (Å²) in [5, 5.41) is 45.3. The second-order valence-corrected chi connectivity index (χ2v) is 26.6. The number of aliphatic hydroxyl groups is 4. The highest BCUT2D eigenvalue weighted by atomic mass is 32.3. The van der Waals surface area contributed by atoms with Crippen LogP contribution < -0.4 is 5.32 Å². The fraction of sp³-hybridized carbons (Fsp3) is 0.930. The minimum atomic E-state index is -5.09. The molecule has 1 fully saturated rings. The number of allylic oxidation sites excluding steroid dienone is 4. The first kappa shape index (κ1) is 80.6. The largest absolute Gasteiger partial charge is 0.397 e. The maximum Gasteiger partial charge on any atom is 0.397 e. The predicted molar refractivity (Wildman–Crippen MR) is 352 cm³/mol. The minimum absolute atomic E-state index is 0.222. The Hall–Kier alpha value is -1.42. The van der Waals surface area contributed by atoms with Crippen molar-refractivity contribution in [1.29, 1.82) is 0 Å². The molecular formula is C71H137NO11S. The lowest BCUT2D eigenvalue weighted by atomic mass is 9.99. The fourth-order valence-corrected chi connectivity index (χ4v) is 12.5. The number of aliphatic hydroxyl groups excluding tert-OH is 4. The zero-order valence-electron chi connectivity index (χ0n) is 54.7. The predicted octanol–water partition coefficient (Wildman–Crippen LogP) is 19.1. The van der Waals surface area contributed by atoms with Crippen LogP contribution in [0.5, 0.6) is 0 Å². The van der Waals surface area contributed by atoms with Gasteiger partial charge in [0.05, 0.1) is 25.4 Å². The number of hydrogen-bond acceptors (Lipinski definition) is 10. The summed E-state index contributed by atoms with van der Waals surface area (Å²) >= 11 is 0. The van der Waals surface area contributed by atoms with Crippen LogP contribution in [0, 0.1) is 0 Å². The van der Waals surface area contributed by atoms with Crippen molar-refractivity contribution in [3.63, 3.8) is 0 Å². The van der Waals surface area contributed by atoms with Crippen molar-refractivity contribution in [1.82, 2.24) is 5.32 Å². The summed E-state index contributed by atoms with van der Waals surface area (Å²) < 4.78 is 48.1. The van der Waals surface area contributed by atoms with Crippen LogP contribution in [0.4, 0.5) is 0 Å². The van der Waals surface area contributed by atoms with Crippen LogP contribution in [0.1, 0.15) is 367 Å². The molecule has 1 heterocycles. The summed E-state index contributed by atoms with van der Waals surface area (Å²) in [4.78, 5) is 13.2. The lowest BCUT2D eigenvalue weighted by Crippen LogP contribution is -2.61. The van der Waals surface area contributed by atoms with Crippen LogP contribution in [-0.4, -0.2) is 95.4 Å². The van der Waals surface area contributed by atoms with E-state index in [2.05, 4.69) is 47.7 Å². The number of nitrogens with one attached hydrogen (secondary N) is 1. The van der Waals surface area contributed by atoms with Gasteiger partial charge in [-0.15, -0.1) is 0 Å². The summed E-state index contributed by atoms with van der Waals surface area (Å²) in [6.45, 7) is 3.52. The number of ether oxygens (including phenoxy) is 2. The first-order chi connectivity index (χ1) is 41.0. The van der Waals surface area contributed by atoms with Gasteiger partial charge in [0, 0.05) is 6.42 Å². The van der Waals surface area contributed by atoms with Gasteiger partial charge in [-0.2, -0.15) is 8.42 Å². The van der Waals surface area contributed by atoms with Gasteiger partial charge < -0.3 is 35.2 Å². The molecule has 7 atom stereocenters. The topological polar surface area (TPSA) is 192 Å². The average molecular weight is 1210 g/mol. The van der Waals surface area contributed by atoms with Gasteiger partial charge >= 0.3 is 10.4 Å². The maximum absolute atomic E-state index is 13.2. The second kappa shape index (κ2) is 60.5. The van der Waals surface area contributed by atoms with Gasteiger partial charge in [-0.1, -0.05) is 340 Å². The van der Waals surface area contributed by atoms with Crippen LogP contribution in [-0.2, 0) is 28.9 Å². The van der Waals surface area contributed by atoms with Gasteiger partial charge in [-0.25, -0.2) is 4.18 Å². The SMILES string of the molecule is CCCCCCCCCCCCC/C=C\C/C=C\CCCCCCCCCCCCCCCCCCCC(=O)NC(COC1OC(CO)C(O)C(OS(=O)(=O)O)C1O)C(O)CCCCCCCCCCCCCCCCCCCCCCCC. The smallest absolute Gasteiger partial charge is 0.394 e. The fourth-order valence-electron chi connectivity index (χ4n) is 12.0. The zero-order valence-corrected chi connectivity index (χ0v) is 55.6. The highest BCUT2D eigenvalue weighted by Crippen LogP contribution is 2.27. The van der Waals surface area contributed by atoms with Gasteiger partial charge in [-0.3, -0.25) is 9.35 Å². The van der Waals surface area contributed by atoms with Gasteiger partial charge in [0.15, 0.2) is 6.29 Å². The van der Waals surface area contributed by atoms with E-state index in [9.17, 15) is 38.2 Å². The van der Waals surface area contributed by atoms with Gasteiger partial charge in [0.1, 0.15) is 24.4 Å². The first-order valence-electron chi connectivity index (χ1n) is 36.2. The third kappa shape index (κ3) is 51.5. The molecule has 0 spiro atoms. The summed E-state index contributed by atoms with van der Waals surface area (Å²) in [5.74, 6) is -0.222. The molecule has 7 unspecified atom stereocenters. The van der Waals surface area contributed by atoms with Crippen molar-refractivity contribution < 1.29 is 51.8 Å². The number of unbranched alkanes of at least 4 members (excludes halogenated alkanes) is 49. The lowest BCUT2D eigenvalue weighted by Gasteiger charge is -2.41. The molecule has 0 aromatic heterocycles. The third-order valence-electron chi connectivity index (χ3n) is 17.5. The van der Waals surface area contributed by atoms with E-state index in [0.717, 1.165) is 57.8 Å². The van der Waals surface area contributed by atoms with Crippen molar-refractivity contribution in [3.8, 4) is 0 Å². The molecule has 84 heavy (non-hydrogen) atoms. The molecule has 0 radical (unpaired) electrons. The number of rotatable bonds is 65. The molecule has 498 valence electrons. The number of carbonyl (C=O) groups is 1. The van der Waals surface area contributed by atoms with E-state index in [1.54, 1.807) is 0 Å². The molecule has 13 heteroatoms. The van der Waals surface area contributed by atoms with Crippen molar-refractivity contribution in [3.05, 3.63) is 24.3 Å². The molecule has 0 aromatic rings. The normalized spacial score (nSPS) is 18.4. The van der Waals surface area contributed by atoms with Crippen molar-refractivity contribution in [2.45, 2.75) is 410 Å². The molecule has 1 aliphatic rings. The number of carbonyl (C=O) groups excluding carboxylic acids is 1. The quantitative estimate of drug-likeness (QED) is 0.0193. The second-order valence-electron chi connectivity index (χ2n) is 25.5. The maximum atomic E-state index is 13.2. The molecule has 1 aliphatic heterocycles. The lowest BCUT2D eigenvalue weighted by molar-refractivity contribution is -0.298. The highest BCUT2D eigenvalue weighted by molar-refractivity contribution is 7.80. The first-order valence-corrected chi connectivity index (χ1v) is 37.6. The molecule has 12 nitrogen and oxygen atoms in total. The molecule has 0 aromatic carbocycles. The Morgan fingerprint density at radius 3 is 1.13 bits per heavy atom. The van der Waals surface area contributed by atoms with Crippen LogP contribution in [0.25, 0.3) is 0 Å². The Morgan fingerprint density at radius 2 is 0.798 bits per heavy atom. The van der Waals surface area contributed by atoms with Gasteiger partial charge in [0.25, 0.3) is 0 Å². The van der Waals surface area contributed by atoms with Crippen LogP contribution in [0.2, 0.25) is 0 Å². The summed E-state index contributed by atoms with van der Waals surface area (Å²) in [7, 11) is -5.09. The average Bonchev–Trinajstić information content (AvgIpc) is 3.68. The Kier molecular flexibility index (Phi) is 58.0. The van der Waals surface area contributed by atoms with Gasteiger partial charge in [0.2, 0.25) is 5.91 Å². The molecule has 1 saturated heterocycles. The molecule has 0 saturated carbocycles. The van der Waals surface area contributed by atoms with E-state index < -0.39 is 59.9 Å².